The van der Waals surface area contributed by atoms with E-state index in [1.54, 1.807) is 0 Å². The van der Waals surface area contributed by atoms with Crippen molar-refractivity contribution in [3.8, 4) is 0 Å². The van der Waals surface area contributed by atoms with E-state index in [0.717, 1.165) is 18.9 Å². The van der Waals surface area contributed by atoms with Crippen LogP contribution in [0, 0.1) is 5.92 Å². The van der Waals surface area contributed by atoms with Crippen molar-refractivity contribution in [1.82, 2.24) is 0 Å². The Kier molecular flexibility index (Phi) is 11.9. The molecular weight excluding hydrogens is 188 g/mol. The molecule has 0 heterocycles. The summed E-state index contributed by atoms with van der Waals surface area (Å²) in [6.45, 7) is 6.03. The molecule has 0 aromatic carbocycles. The molecule has 92 valence electrons. The molecule has 0 aliphatic rings. The Morgan fingerprint density at radius 1 is 0.933 bits per heavy atom. The standard InChI is InChI=1S/C13H28O2/c1-3-13(4-2)9-7-5-6-8-11-15-12-10-14/h13-14H,3-12H2,1-2H3. The fourth-order valence-corrected chi connectivity index (χ4v) is 1.85. The maximum Gasteiger partial charge on any atom is 0.0697 e. The Labute approximate surface area is 95.0 Å². The highest BCUT2D eigenvalue weighted by Gasteiger charge is 2.02. The molecule has 0 fully saturated rings. The minimum Gasteiger partial charge on any atom is -0.394 e. The van der Waals surface area contributed by atoms with Gasteiger partial charge in [-0.05, 0) is 12.3 Å². The van der Waals surface area contributed by atoms with Gasteiger partial charge >= 0.3 is 0 Å². The van der Waals surface area contributed by atoms with Crippen LogP contribution in [0.5, 0.6) is 0 Å². The molecule has 0 aromatic heterocycles. The number of aliphatic hydroxyl groups is 1. The van der Waals surface area contributed by atoms with Crippen LogP contribution in [0.4, 0.5) is 0 Å². The Hall–Kier alpha value is -0.0800. The first-order valence-corrected chi connectivity index (χ1v) is 6.53. The topological polar surface area (TPSA) is 29.5 Å². The third-order valence-corrected chi connectivity index (χ3v) is 3.04. The van der Waals surface area contributed by atoms with Crippen LogP contribution in [0.1, 0.15) is 58.8 Å². The molecule has 2 heteroatoms. The van der Waals surface area contributed by atoms with Crippen LogP contribution >= 0.6 is 0 Å². The van der Waals surface area contributed by atoms with Gasteiger partial charge in [0.15, 0.2) is 0 Å². The number of ether oxygens (including phenoxy) is 1. The van der Waals surface area contributed by atoms with Gasteiger partial charge < -0.3 is 9.84 Å². The fraction of sp³-hybridized carbons (Fsp3) is 1.00. The van der Waals surface area contributed by atoms with Crippen molar-refractivity contribution in [3.63, 3.8) is 0 Å². The van der Waals surface area contributed by atoms with Crippen molar-refractivity contribution >= 4 is 0 Å². The molecule has 0 amide bonds. The van der Waals surface area contributed by atoms with E-state index in [0.29, 0.717) is 6.61 Å². The summed E-state index contributed by atoms with van der Waals surface area (Å²) >= 11 is 0. The zero-order valence-electron chi connectivity index (χ0n) is 10.5. The lowest BCUT2D eigenvalue weighted by Gasteiger charge is -2.11. The molecule has 0 saturated carbocycles. The van der Waals surface area contributed by atoms with Gasteiger partial charge in [-0.2, -0.15) is 0 Å². The third kappa shape index (κ3) is 10.2. The predicted molar refractivity (Wildman–Crippen MR) is 65.1 cm³/mol. The van der Waals surface area contributed by atoms with Crippen molar-refractivity contribution in [2.45, 2.75) is 58.8 Å². The van der Waals surface area contributed by atoms with E-state index in [-0.39, 0.29) is 6.61 Å². The van der Waals surface area contributed by atoms with Gasteiger partial charge in [0, 0.05) is 6.61 Å². The number of hydrogen-bond acceptors (Lipinski definition) is 2. The lowest BCUT2D eigenvalue weighted by Crippen LogP contribution is -2.01. The van der Waals surface area contributed by atoms with Gasteiger partial charge in [0.25, 0.3) is 0 Å². The van der Waals surface area contributed by atoms with E-state index in [1.165, 1.54) is 38.5 Å². The molecule has 0 rings (SSSR count). The fourth-order valence-electron chi connectivity index (χ4n) is 1.85. The predicted octanol–water partition coefficient (Wildman–Crippen LogP) is 3.38. The molecule has 2 nitrogen and oxygen atoms in total. The van der Waals surface area contributed by atoms with E-state index < -0.39 is 0 Å². The first-order valence-electron chi connectivity index (χ1n) is 6.53. The minimum absolute atomic E-state index is 0.147. The number of aliphatic hydroxyl groups excluding tert-OH is 1. The first kappa shape index (κ1) is 14.9. The zero-order chi connectivity index (χ0) is 11.4. The summed E-state index contributed by atoms with van der Waals surface area (Å²) in [4.78, 5) is 0. The lowest BCUT2D eigenvalue weighted by atomic mass is 9.96. The third-order valence-electron chi connectivity index (χ3n) is 3.04. The highest BCUT2D eigenvalue weighted by molar-refractivity contribution is 4.55. The summed E-state index contributed by atoms with van der Waals surface area (Å²) in [6, 6.07) is 0. The molecule has 0 aliphatic carbocycles. The van der Waals surface area contributed by atoms with Crippen molar-refractivity contribution in [3.05, 3.63) is 0 Å². The van der Waals surface area contributed by atoms with Crippen molar-refractivity contribution in [2.24, 2.45) is 5.92 Å². The van der Waals surface area contributed by atoms with Gasteiger partial charge in [0.1, 0.15) is 0 Å². The molecule has 0 atom stereocenters. The van der Waals surface area contributed by atoms with Gasteiger partial charge in [-0.1, -0.05) is 52.4 Å². The maximum atomic E-state index is 8.50. The van der Waals surface area contributed by atoms with Gasteiger partial charge in [-0.25, -0.2) is 0 Å². The van der Waals surface area contributed by atoms with E-state index in [2.05, 4.69) is 13.8 Å². The summed E-state index contributed by atoms with van der Waals surface area (Å²) in [5.74, 6) is 0.940. The second-order valence-electron chi connectivity index (χ2n) is 4.22. The van der Waals surface area contributed by atoms with Crippen LogP contribution < -0.4 is 0 Å². The zero-order valence-corrected chi connectivity index (χ0v) is 10.5. The summed E-state index contributed by atoms with van der Waals surface area (Å²) in [5, 5.41) is 8.50. The number of hydrogen-bond donors (Lipinski definition) is 1. The Morgan fingerprint density at radius 3 is 2.20 bits per heavy atom. The first-order chi connectivity index (χ1) is 7.35. The largest absolute Gasteiger partial charge is 0.394 e. The summed E-state index contributed by atoms with van der Waals surface area (Å²) in [6.07, 6.45) is 9.16. The average molecular weight is 216 g/mol. The van der Waals surface area contributed by atoms with E-state index in [1.807, 2.05) is 0 Å². The van der Waals surface area contributed by atoms with Crippen molar-refractivity contribution < 1.29 is 9.84 Å². The van der Waals surface area contributed by atoms with E-state index in [4.69, 9.17) is 9.84 Å². The molecule has 15 heavy (non-hydrogen) atoms. The molecule has 0 bridgehead atoms. The van der Waals surface area contributed by atoms with Crippen LogP contribution in [0.15, 0.2) is 0 Å². The summed E-state index contributed by atoms with van der Waals surface area (Å²) in [7, 11) is 0. The molecule has 0 saturated heterocycles. The Balaban J connectivity index is 3.04. The minimum atomic E-state index is 0.147. The molecule has 0 aromatic rings. The van der Waals surface area contributed by atoms with Gasteiger partial charge in [0.05, 0.1) is 13.2 Å². The molecule has 0 aliphatic heterocycles. The SMILES string of the molecule is CCC(CC)CCCCCCOCCO. The molecule has 0 unspecified atom stereocenters. The molecule has 1 N–H and O–H groups in total. The quantitative estimate of drug-likeness (QED) is 0.536. The summed E-state index contributed by atoms with van der Waals surface area (Å²) in [5.41, 5.74) is 0. The highest BCUT2D eigenvalue weighted by Crippen LogP contribution is 2.16. The molecular formula is C13H28O2. The Bertz CT molecular complexity index is 111. The second-order valence-corrected chi connectivity index (χ2v) is 4.22. The van der Waals surface area contributed by atoms with E-state index >= 15 is 0 Å². The van der Waals surface area contributed by atoms with Crippen LogP contribution in [0.3, 0.4) is 0 Å². The van der Waals surface area contributed by atoms with Crippen LogP contribution in [-0.2, 0) is 4.74 Å². The number of unbranched alkanes of at least 4 members (excludes halogenated alkanes) is 3. The maximum absolute atomic E-state index is 8.50. The van der Waals surface area contributed by atoms with Crippen LogP contribution in [0.25, 0.3) is 0 Å². The summed E-state index contributed by atoms with van der Waals surface area (Å²) < 4.78 is 5.20. The monoisotopic (exact) mass is 216 g/mol. The Morgan fingerprint density at radius 2 is 1.60 bits per heavy atom. The normalized spacial score (nSPS) is 11.2. The molecule has 0 radical (unpaired) electrons. The highest BCUT2D eigenvalue weighted by atomic mass is 16.5. The lowest BCUT2D eigenvalue weighted by molar-refractivity contribution is 0.0895. The van der Waals surface area contributed by atoms with Gasteiger partial charge in [0.2, 0.25) is 0 Å². The van der Waals surface area contributed by atoms with Gasteiger partial charge in [-0.3, -0.25) is 0 Å². The number of rotatable bonds is 11. The van der Waals surface area contributed by atoms with Gasteiger partial charge in [-0.15, -0.1) is 0 Å². The second kappa shape index (κ2) is 12.0. The van der Waals surface area contributed by atoms with Crippen LogP contribution in [-0.4, -0.2) is 24.9 Å². The van der Waals surface area contributed by atoms with E-state index in [9.17, 15) is 0 Å². The molecule has 0 spiro atoms. The average Bonchev–Trinajstić information content (AvgIpc) is 2.27. The van der Waals surface area contributed by atoms with Crippen molar-refractivity contribution in [2.75, 3.05) is 19.8 Å². The van der Waals surface area contributed by atoms with Crippen LogP contribution in [0.2, 0.25) is 0 Å². The van der Waals surface area contributed by atoms with Crippen molar-refractivity contribution in [1.29, 1.82) is 0 Å². The smallest absolute Gasteiger partial charge is 0.0697 e.